The molecule has 3 N–H and O–H groups in total. The predicted molar refractivity (Wildman–Crippen MR) is 73.0 cm³/mol. The maximum atomic E-state index is 5.75. The molecule has 0 aliphatic heterocycles. The first-order valence-corrected chi connectivity index (χ1v) is 7.76. The lowest BCUT2D eigenvalue weighted by Gasteiger charge is -2.28. The number of hydrogen-bond donors (Lipinski definition) is 2. The lowest BCUT2D eigenvalue weighted by Crippen LogP contribution is -2.30. The Morgan fingerprint density at radius 2 is 2.12 bits per heavy atom. The molecule has 1 fully saturated rings. The van der Waals surface area contributed by atoms with Crippen LogP contribution in [0.25, 0.3) is 0 Å². The summed E-state index contributed by atoms with van der Waals surface area (Å²) in [6.07, 6.45) is 10.8. The van der Waals surface area contributed by atoms with Gasteiger partial charge in [-0.15, -0.1) is 11.3 Å². The van der Waals surface area contributed by atoms with E-state index in [0.29, 0.717) is 6.04 Å². The minimum absolute atomic E-state index is 0.399. The third-order valence-electron chi connectivity index (χ3n) is 4.35. The van der Waals surface area contributed by atoms with Gasteiger partial charge in [-0.1, -0.05) is 19.3 Å². The Kier molecular flexibility index (Phi) is 3.50. The molecule has 1 heterocycles. The van der Waals surface area contributed by atoms with Gasteiger partial charge in [0.1, 0.15) is 0 Å². The standard InChI is InChI=1S/C14H22N2S/c15-16-12(8-10-4-3-5-10)14-9-11-6-1-2-7-13(11)17-14/h9-10,12,16H,1-8,15H2. The fourth-order valence-electron chi connectivity index (χ4n) is 3.01. The zero-order valence-electron chi connectivity index (χ0n) is 10.4. The van der Waals surface area contributed by atoms with Crippen molar-refractivity contribution in [1.29, 1.82) is 0 Å². The van der Waals surface area contributed by atoms with Gasteiger partial charge in [0.25, 0.3) is 0 Å². The molecule has 1 unspecified atom stereocenters. The molecule has 0 aromatic carbocycles. The zero-order chi connectivity index (χ0) is 11.7. The van der Waals surface area contributed by atoms with Gasteiger partial charge < -0.3 is 0 Å². The highest BCUT2D eigenvalue weighted by molar-refractivity contribution is 7.12. The molecule has 1 aromatic rings. The second-order valence-electron chi connectivity index (χ2n) is 5.56. The van der Waals surface area contributed by atoms with Crippen LogP contribution >= 0.6 is 11.3 Å². The molecule has 1 saturated carbocycles. The van der Waals surface area contributed by atoms with Gasteiger partial charge in [0.15, 0.2) is 0 Å². The number of fused-ring (bicyclic) bond motifs is 1. The van der Waals surface area contributed by atoms with E-state index in [1.54, 1.807) is 10.4 Å². The molecular weight excluding hydrogens is 228 g/mol. The molecule has 94 valence electrons. The molecular formula is C14H22N2S. The van der Waals surface area contributed by atoms with Crippen molar-refractivity contribution in [2.75, 3.05) is 0 Å². The van der Waals surface area contributed by atoms with Crippen LogP contribution in [0.4, 0.5) is 0 Å². The Labute approximate surface area is 108 Å². The largest absolute Gasteiger partial charge is 0.271 e. The van der Waals surface area contributed by atoms with Crippen molar-refractivity contribution in [1.82, 2.24) is 5.43 Å². The highest BCUT2D eigenvalue weighted by atomic mass is 32.1. The number of hydrogen-bond acceptors (Lipinski definition) is 3. The van der Waals surface area contributed by atoms with Crippen molar-refractivity contribution >= 4 is 11.3 Å². The van der Waals surface area contributed by atoms with Crippen LogP contribution in [-0.2, 0) is 12.8 Å². The number of hydrazine groups is 1. The van der Waals surface area contributed by atoms with Crippen molar-refractivity contribution in [3.05, 3.63) is 21.4 Å². The van der Waals surface area contributed by atoms with Crippen LogP contribution < -0.4 is 11.3 Å². The second kappa shape index (κ2) is 5.09. The van der Waals surface area contributed by atoms with Crippen LogP contribution in [0.1, 0.15) is 59.9 Å². The average Bonchev–Trinajstić information content (AvgIpc) is 2.71. The summed E-state index contributed by atoms with van der Waals surface area (Å²) >= 11 is 2.00. The van der Waals surface area contributed by atoms with Crippen LogP contribution in [0, 0.1) is 5.92 Å². The average molecular weight is 250 g/mol. The first-order valence-electron chi connectivity index (χ1n) is 6.94. The molecule has 1 aromatic heterocycles. The van der Waals surface area contributed by atoms with Crippen molar-refractivity contribution in [2.24, 2.45) is 11.8 Å². The second-order valence-corrected chi connectivity index (χ2v) is 6.72. The number of nitrogens with one attached hydrogen (secondary N) is 1. The van der Waals surface area contributed by atoms with E-state index >= 15 is 0 Å². The third kappa shape index (κ3) is 2.42. The monoisotopic (exact) mass is 250 g/mol. The Morgan fingerprint density at radius 1 is 1.29 bits per heavy atom. The van der Waals surface area contributed by atoms with Crippen LogP contribution in [0.5, 0.6) is 0 Å². The summed E-state index contributed by atoms with van der Waals surface area (Å²) in [5.41, 5.74) is 4.64. The van der Waals surface area contributed by atoms with E-state index in [1.807, 2.05) is 11.3 Å². The SMILES string of the molecule is NNC(CC1CCC1)c1cc2c(s1)CCCC2. The first kappa shape index (κ1) is 11.7. The van der Waals surface area contributed by atoms with Crippen molar-refractivity contribution in [3.8, 4) is 0 Å². The van der Waals surface area contributed by atoms with Gasteiger partial charge in [0.2, 0.25) is 0 Å². The van der Waals surface area contributed by atoms with Crippen molar-refractivity contribution < 1.29 is 0 Å². The predicted octanol–water partition coefficient (Wildman–Crippen LogP) is 3.32. The van der Waals surface area contributed by atoms with Crippen LogP contribution in [0.2, 0.25) is 0 Å². The van der Waals surface area contributed by atoms with Gasteiger partial charge in [0, 0.05) is 9.75 Å². The summed E-state index contributed by atoms with van der Waals surface area (Å²) in [6.45, 7) is 0. The summed E-state index contributed by atoms with van der Waals surface area (Å²) in [5.74, 6) is 6.66. The minimum atomic E-state index is 0.399. The smallest absolute Gasteiger partial charge is 0.0556 e. The van der Waals surface area contributed by atoms with Gasteiger partial charge in [-0.2, -0.15) is 0 Å². The Bertz CT molecular complexity index is 358. The zero-order valence-corrected chi connectivity index (χ0v) is 11.2. The Balaban J connectivity index is 1.73. The van der Waals surface area contributed by atoms with E-state index in [2.05, 4.69) is 11.5 Å². The molecule has 0 bridgehead atoms. The van der Waals surface area contributed by atoms with Crippen molar-refractivity contribution in [2.45, 2.75) is 57.4 Å². The fourth-order valence-corrected chi connectivity index (χ4v) is 4.34. The lowest BCUT2D eigenvalue weighted by molar-refractivity contribution is 0.263. The summed E-state index contributed by atoms with van der Waals surface area (Å²) in [6, 6.07) is 2.82. The van der Waals surface area contributed by atoms with E-state index in [1.165, 1.54) is 56.2 Å². The highest BCUT2D eigenvalue weighted by Crippen LogP contribution is 2.38. The number of rotatable bonds is 4. The molecule has 0 radical (unpaired) electrons. The number of aryl methyl sites for hydroxylation is 2. The Morgan fingerprint density at radius 3 is 2.76 bits per heavy atom. The summed E-state index contributed by atoms with van der Waals surface area (Å²) in [5, 5.41) is 0. The molecule has 0 saturated heterocycles. The molecule has 2 aliphatic carbocycles. The quantitative estimate of drug-likeness (QED) is 0.635. The summed E-state index contributed by atoms with van der Waals surface area (Å²) < 4.78 is 0. The van der Waals surface area contributed by atoms with Gasteiger partial charge in [-0.3, -0.25) is 11.3 Å². The van der Waals surface area contributed by atoms with Gasteiger partial charge in [-0.25, -0.2) is 0 Å². The minimum Gasteiger partial charge on any atom is -0.271 e. The Hall–Kier alpha value is -0.380. The van der Waals surface area contributed by atoms with E-state index in [4.69, 9.17) is 5.84 Å². The van der Waals surface area contributed by atoms with Gasteiger partial charge >= 0.3 is 0 Å². The molecule has 3 heteroatoms. The van der Waals surface area contributed by atoms with Crippen LogP contribution in [0.3, 0.4) is 0 Å². The summed E-state index contributed by atoms with van der Waals surface area (Å²) in [7, 11) is 0. The molecule has 2 aliphatic rings. The van der Waals surface area contributed by atoms with E-state index < -0.39 is 0 Å². The van der Waals surface area contributed by atoms with Gasteiger partial charge in [0.05, 0.1) is 6.04 Å². The maximum Gasteiger partial charge on any atom is 0.0556 e. The van der Waals surface area contributed by atoms with E-state index in [-0.39, 0.29) is 0 Å². The topological polar surface area (TPSA) is 38.0 Å². The fraction of sp³-hybridized carbons (Fsp3) is 0.714. The molecule has 2 nitrogen and oxygen atoms in total. The molecule has 0 spiro atoms. The lowest BCUT2D eigenvalue weighted by atomic mass is 9.80. The molecule has 1 atom stereocenters. The number of nitrogens with two attached hydrogens (primary N) is 1. The van der Waals surface area contributed by atoms with Crippen LogP contribution in [0.15, 0.2) is 6.07 Å². The molecule has 0 amide bonds. The summed E-state index contributed by atoms with van der Waals surface area (Å²) in [4.78, 5) is 3.10. The van der Waals surface area contributed by atoms with E-state index in [0.717, 1.165) is 5.92 Å². The molecule has 17 heavy (non-hydrogen) atoms. The molecule has 3 rings (SSSR count). The highest BCUT2D eigenvalue weighted by Gasteiger charge is 2.24. The first-order chi connectivity index (χ1) is 8.36. The number of thiophene rings is 1. The normalized spacial score (nSPS) is 21.9. The van der Waals surface area contributed by atoms with E-state index in [9.17, 15) is 0 Å². The van der Waals surface area contributed by atoms with Gasteiger partial charge in [-0.05, 0) is 49.7 Å². The third-order valence-corrected chi connectivity index (χ3v) is 5.70. The van der Waals surface area contributed by atoms with Crippen LogP contribution in [-0.4, -0.2) is 0 Å². The maximum absolute atomic E-state index is 5.75. The van der Waals surface area contributed by atoms with Crippen molar-refractivity contribution in [3.63, 3.8) is 0 Å².